The van der Waals surface area contributed by atoms with Crippen LogP contribution in [0.2, 0.25) is 0 Å². The van der Waals surface area contributed by atoms with Gasteiger partial charge in [-0.2, -0.15) is 6.66 Å². The molecular weight excluding hydrogens is 425 g/mol. The van der Waals surface area contributed by atoms with Crippen molar-refractivity contribution in [2.24, 2.45) is 0 Å². The van der Waals surface area contributed by atoms with Crippen molar-refractivity contribution in [2.45, 2.75) is 89.4 Å². The van der Waals surface area contributed by atoms with E-state index >= 15 is 0 Å². The van der Waals surface area contributed by atoms with Crippen LogP contribution in [-0.2, 0) is 18.2 Å². The summed E-state index contributed by atoms with van der Waals surface area (Å²) < 4.78 is 0. The van der Waals surface area contributed by atoms with E-state index in [2.05, 4.69) is 59.8 Å². The second-order valence-corrected chi connectivity index (χ2v) is 11.7. The molecule has 24 heavy (non-hydrogen) atoms. The van der Waals surface area contributed by atoms with Crippen LogP contribution in [0.5, 0.6) is 0 Å². The molecule has 1 aromatic rings. The van der Waals surface area contributed by atoms with Gasteiger partial charge in [-0.1, -0.05) is 26.2 Å². The molecule has 0 bridgehead atoms. The Morgan fingerprint density at radius 1 is 0.792 bits per heavy atom. The first-order valence-electron chi connectivity index (χ1n) is 9.54. The number of rotatable bonds is 3. The summed E-state index contributed by atoms with van der Waals surface area (Å²) in [6.07, 6.45) is 14.5. The van der Waals surface area contributed by atoms with Gasteiger partial charge in [0, 0.05) is 11.3 Å². The van der Waals surface area contributed by atoms with E-state index in [-0.39, 0.29) is 0 Å². The summed E-state index contributed by atoms with van der Waals surface area (Å²) in [6, 6.07) is 7.32. The van der Waals surface area contributed by atoms with Crippen LogP contribution in [-0.4, -0.2) is 11.3 Å². The van der Waals surface area contributed by atoms with E-state index in [9.17, 15) is 0 Å². The Kier molecular flexibility index (Phi) is 8.77. The van der Waals surface area contributed by atoms with Crippen LogP contribution in [0.4, 0.5) is 0 Å². The van der Waals surface area contributed by atoms with Gasteiger partial charge < -0.3 is 0 Å². The number of aryl methyl sites for hydroxylation is 2. The summed E-state index contributed by atoms with van der Waals surface area (Å²) in [4.78, 5) is 0. The average Bonchev–Trinajstić information content (AvgIpc) is 2.63. The monoisotopic (exact) mass is 457 g/mol. The fraction of sp³-hybridized carbons (Fsp3) is 0.667. The first kappa shape index (κ1) is 20.9. The zero-order valence-electron chi connectivity index (χ0n) is 15.3. The molecule has 2 saturated carbocycles. The predicted molar refractivity (Wildman–Crippen MR) is 107 cm³/mol. The van der Waals surface area contributed by atoms with Gasteiger partial charge in [0.25, 0.3) is 0 Å². The molecule has 1 aromatic carbocycles. The number of hydrogen-bond donors (Lipinski definition) is 0. The SMILES string of the molecule is [CH2-][P+](c1cc(C)cc(C)c1)(C1CCCCC1)C1CCCCC1.[Cl][Pd+]. The van der Waals surface area contributed by atoms with Crippen molar-refractivity contribution in [2.75, 3.05) is 0 Å². The molecule has 0 heterocycles. The summed E-state index contributed by atoms with van der Waals surface area (Å²) >= 11 is 2.22. The molecule has 0 aliphatic heterocycles. The van der Waals surface area contributed by atoms with Crippen LogP contribution in [0.25, 0.3) is 0 Å². The van der Waals surface area contributed by atoms with E-state index in [0.29, 0.717) is 0 Å². The van der Waals surface area contributed by atoms with Gasteiger partial charge in [0.15, 0.2) is 0 Å². The second kappa shape index (κ2) is 10.1. The van der Waals surface area contributed by atoms with E-state index in [0.717, 1.165) is 11.3 Å². The first-order valence-corrected chi connectivity index (χ1v) is 13.7. The van der Waals surface area contributed by atoms with E-state index in [1.165, 1.54) is 75.3 Å². The van der Waals surface area contributed by atoms with E-state index in [4.69, 9.17) is 6.66 Å². The summed E-state index contributed by atoms with van der Waals surface area (Å²) in [5.74, 6) is 0. The van der Waals surface area contributed by atoms with Crippen LogP contribution in [0, 0.1) is 20.5 Å². The Bertz CT molecular complexity index is 466. The number of halogens is 1. The molecule has 0 radical (unpaired) electrons. The molecule has 2 fully saturated rings. The van der Waals surface area contributed by atoms with E-state index < -0.39 is 7.26 Å². The van der Waals surface area contributed by atoms with Crippen LogP contribution >= 0.6 is 16.8 Å². The molecule has 3 heteroatoms. The van der Waals surface area contributed by atoms with Crippen molar-refractivity contribution in [1.82, 2.24) is 0 Å². The van der Waals surface area contributed by atoms with Gasteiger partial charge in [-0.05, 0) is 88.5 Å². The normalized spacial score (nSPS) is 20.4. The molecule has 138 valence electrons. The van der Waals surface area contributed by atoms with Crippen molar-refractivity contribution < 1.29 is 18.2 Å². The molecule has 0 atom stereocenters. The molecule has 0 N–H and O–H groups in total. The van der Waals surface area contributed by atoms with Gasteiger partial charge in [-0.3, -0.25) is 0 Å². The Morgan fingerprint density at radius 2 is 1.17 bits per heavy atom. The quantitative estimate of drug-likeness (QED) is 0.258. The molecule has 0 aromatic heterocycles. The standard InChI is InChI=1S/C21H33P.ClH.Pd/c1-17-14-18(2)16-21(15-17)22(3,19-10-6-4-7-11-19)20-12-8-5-9-13-20;;/h14-16,19-20H,3-13H2,1-2H3;1H;/q;;+2/p-1. The Balaban J connectivity index is 0.00000100. The summed E-state index contributed by atoms with van der Waals surface area (Å²) in [5, 5.41) is 1.66. The number of hydrogen-bond acceptors (Lipinski definition) is 0. The van der Waals surface area contributed by atoms with Crippen molar-refractivity contribution in [1.29, 1.82) is 0 Å². The van der Waals surface area contributed by atoms with E-state index in [1.54, 1.807) is 5.30 Å². The van der Waals surface area contributed by atoms with Gasteiger partial charge in [-0.25, -0.2) is 0 Å². The molecular formula is C21H33ClPPd+. The molecule has 0 saturated heterocycles. The van der Waals surface area contributed by atoms with Crippen LogP contribution in [0.3, 0.4) is 0 Å². The van der Waals surface area contributed by atoms with Crippen LogP contribution < -0.4 is 5.30 Å². The van der Waals surface area contributed by atoms with Crippen molar-refractivity contribution in [3.05, 3.63) is 36.0 Å². The summed E-state index contributed by atoms with van der Waals surface area (Å²) in [7, 11) is 3.21. The minimum absolute atomic E-state index is 0.908. The molecule has 2 aliphatic carbocycles. The molecule has 0 nitrogen and oxygen atoms in total. The molecule has 3 rings (SSSR count). The Morgan fingerprint density at radius 3 is 1.54 bits per heavy atom. The van der Waals surface area contributed by atoms with Gasteiger partial charge in [0.2, 0.25) is 0 Å². The van der Waals surface area contributed by atoms with Crippen LogP contribution in [0.1, 0.15) is 75.3 Å². The zero-order chi connectivity index (χ0) is 17.6. The molecule has 2 aliphatic rings. The summed E-state index contributed by atoms with van der Waals surface area (Å²) in [6.45, 7) is 9.61. The first-order chi connectivity index (χ1) is 11.6. The Labute approximate surface area is 165 Å². The summed E-state index contributed by atoms with van der Waals surface area (Å²) in [5.41, 5.74) is 4.69. The predicted octanol–water partition coefficient (Wildman–Crippen LogP) is 7.09. The van der Waals surface area contributed by atoms with Crippen molar-refractivity contribution in [3.63, 3.8) is 0 Å². The zero-order valence-corrected chi connectivity index (χ0v) is 18.5. The van der Waals surface area contributed by atoms with Gasteiger partial charge >= 0.3 is 27.7 Å². The van der Waals surface area contributed by atoms with Crippen LogP contribution in [0.15, 0.2) is 18.2 Å². The molecule has 0 spiro atoms. The van der Waals surface area contributed by atoms with E-state index in [1.807, 2.05) is 0 Å². The third-order valence-corrected chi connectivity index (χ3v) is 11.0. The average molecular weight is 458 g/mol. The fourth-order valence-electron chi connectivity index (χ4n) is 4.99. The number of benzene rings is 1. The fourth-order valence-corrected chi connectivity index (χ4v) is 9.90. The maximum absolute atomic E-state index is 5.08. The van der Waals surface area contributed by atoms with Gasteiger partial charge in [0.1, 0.15) is 0 Å². The second-order valence-electron chi connectivity index (χ2n) is 7.86. The Hall–Kier alpha value is 0.602. The topological polar surface area (TPSA) is 0 Å². The van der Waals surface area contributed by atoms with Gasteiger partial charge in [-0.15, -0.1) is 0 Å². The minimum atomic E-state index is -1.28. The molecule has 0 amide bonds. The molecule has 0 unspecified atom stereocenters. The third kappa shape index (κ3) is 4.86. The van der Waals surface area contributed by atoms with Gasteiger partial charge in [0.05, 0.1) is 5.30 Å². The van der Waals surface area contributed by atoms with Crippen molar-refractivity contribution in [3.8, 4) is 0 Å². The maximum atomic E-state index is 5.08. The van der Waals surface area contributed by atoms with Crippen molar-refractivity contribution >= 4 is 22.1 Å². The third-order valence-electron chi connectivity index (χ3n) is 6.14.